The summed E-state index contributed by atoms with van der Waals surface area (Å²) in [5.74, 6) is 0.509. The zero-order valence-corrected chi connectivity index (χ0v) is 18.4. The third kappa shape index (κ3) is 3.54. The van der Waals surface area contributed by atoms with Crippen LogP contribution in [0.5, 0.6) is 0 Å². The molecule has 1 aliphatic heterocycles. The fraction of sp³-hybridized carbons (Fsp3) is 0.308. The van der Waals surface area contributed by atoms with E-state index in [4.69, 9.17) is 10.1 Å². The summed E-state index contributed by atoms with van der Waals surface area (Å²) >= 11 is 0. The van der Waals surface area contributed by atoms with Gasteiger partial charge in [-0.3, -0.25) is 0 Å². The first-order valence-corrected chi connectivity index (χ1v) is 11.2. The Bertz CT molecular complexity index is 1270. The molecule has 0 saturated carbocycles. The van der Waals surface area contributed by atoms with E-state index in [-0.39, 0.29) is 18.5 Å². The highest BCUT2D eigenvalue weighted by atomic mass is 19.1. The molecule has 0 bridgehead atoms. The quantitative estimate of drug-likeness (QED) is 0.482. The van der Waals surface area contributed by atoms with Crippen LogP contribution in [0.1, 0.15) is 31.0 Å². The third-order valence-electron chi connectivity index (χ3n) is 6.33. The zero-order valence-electron chi connectivity index (χ0n) is 18.4. The van der Waals surface area contributed by atoms with Crippen LogP contribution in [0.15, 0.2) is 54.6 Å². The topological polar surface area (TPSA) is 53.7 Å². The number of halogens is 1. The first-order chi connectivity index (χ1) is 15.6. The lowest BCUT2D eigenvalue weighted by molar-refractivity contribution is 0.266. The summed E-state index contributed by atoms with van der Waals surface area (Å²) in [6.07, 6.45) is 2.70. The predicted octanol–water partition coefficient (Wildman–Crippen LogP) is 5.03. The standard InChI is InChI=1S/C26H27FN4O/c1-3-22-25(18-11-9-17(2)10-12-18)26-28-24(30-13-5-8-21(30)16-32)15-23(31(26)29-22)19-6-4-7-20(27)14-19/h4,6-7,9-12,14-15,21,32H,3,5,8,13,16H2,1-2H3. The number of anilines is 1. The van der Waals surface area contributed by atoms with Gasteiger partial charge in [-0.1, -0.05) is 48.9 Å². The number of aliphatic hydroxyl groups excluding tert-OH is 1. The summed E-state index contributed by atoms with van der Waals surface area (Å²) in [4.78, 5) is 7.22. The van der Waals surface area contributed by atoms with E-state index in [0.29, 0.717) is 0 Å². The van der Waals surface area contributed by atoms with E-state index in [1.807, 2.05) is 16.6 Å². The molecular weight excluding hydrogens is 403 g/mol. The van der Waals surface area contributed by atoms with Gasteiger partial charge >= 0.3 is 0 Å². The Kier molecular flexibility index (Phi) is 5.39. The average molecular weight is 431 g/mol. The van der Waals surface area contributed by atoms with Crippen LogP contribution in [0, 0.1) is 12.7 Å². The molecule has 1 atom stereocenters. The van der Waals surface area contributed by atoms with Gasteiger partial charge in [0.15, 0.2) is 5.65 Å². The Hall–Kier alpha value is -3.25. The highest BCUT2D eigenvalue weighted by molar-refractivity contribution is 5.83. The lowest BCUT2D eigenvalue weighted by Crippen LogP contribution is -2.32. The van der Waals surface area contributed by atoms with Crippen LogP contribution >= 0.6 is 0 Å². The minimum atomic E-state index is -0.287. The molecule has 1 fully saturated rings. The predicted molar refractivity (Wildman–Crippen MR) is 125 cm³/mol. The maximum Gasteiger partial charge on any atom is 0.166 e. The molecule has 164 valence electrons. The van der Waals surface area contributed by atoms with E-state index in [1.54, 1.807) is 6.07 Å². The second-order valence-electron chi connectivity index (χ2n) is 8.46. The summed E-state index contributed by atoms with van der Waals surface area (Å²) in [6, 6.07) is 17.0. The molecular formula is C26H27FN4O. The molecule has 1 N–H and O–H groups in total. The van der Waals surface area contributed by atoms with Crippen LogP contribution in [0.4, 0.5) is 10.2 Å². The van der Waals surface area contributed by atoms with Gasteiger partial charge in [0.2, 0.25) is 0 Å². The summed E-state index contributed by atoms with van der Waals surface area (Å²) in [7, 11) is 0. The fourth-order valence-electron chi connectivity index (χ4n) is 4.64. The molecule has 0 radical (unpaired) electrons. The van der Waals surface area contributed by atoms with Crippen LogP contribution in [0.25, 0.3) is 28.0 Å². The van der Waals surface area contributed by atoms with Gasteiger partial charge in [0, 0.05) is 23.7 Å². The minimum Gasteiger partial charge on any atom is -0.394 e. The SMILES string of the molecule is CCc1nn2c(-c3cccc(F)c3)cc(N3CCCC3CO)nc2c1-c1ccc(C)cc1. The van der Waals surface area contributed by atoms with Crippen molar-refractivity contribution in [3.05, 3.63) is 71.7 Å². The van der Waals surface area contributed by atoms with Gasteiger partial charge in [-0.2, -0.15) is 5.10 Å². The number of rotatable bonds is 5. The monoisotopic (exact) mass is 430 g/mol. The normalized spacial score (nSPS) is 16.2. The minimum absolute atomic E-state index is 0.0432. The molecule has 1 unspecified atom stereocenters. The molecule has 0 aliphatic carbocycles. The van der Waals surface area contributed by atoms with E-state index in [2.05, 4.69) is 43.0 Å². The molecule has 5 nitrogen and oxygen atoms in total. The molecule has 2 aromatic heterocycles. The van der Waals surface area contributed by atoms with E-state index < -0.39 is 0 Å². The van der Waals surface area contributed by atoms with Crippen molar-refractivity contribution < 1.29 is 9.50 Å². The van der Waals surface area contributed by atoms with Crippen molar-refractivity contribution in [2.24, 2.45) is 0 Å². The molecule has 4 aromatic rings. The maximum atomic E-state index is 14.1. The van der Waals surface area contributed by atoms with E-state index in [0.717, 1.165) is 65.4 Å². The van der Waals surface area contributed by atoms with Crippen molar-refractivity contribution in [3.63, 3.8) is 0 Å². The number of fused-ring (bicyclic) bond motifs is 1. The van der Waals surface area contributed by atoms with Crippen LogP contribution in [-0.2, 0) is 6.42 Å². The molecule has 1 saturated heterocycles. The Morgan fingerprint density at radius 3 is 2.62 bits per heavy atom. The van der Waals surface area contributed by atoms with Crippen molar-refractivity contribution in [2.75, 3.05) is 18.1 Å². The molecule has 1 aliphatic rings. The van der Waals surface area contributed by atoms with Crippen molar-refractivity contribution in [1.29, 1.82) is 0 Å². The Morgan fingerprint density at radius 1 is 1.09 bits per heavy atom. The molecule has 3 heterocycles. The largest absolute Gasteiger partial charge is 0.394 e. The van der Waals surface area contributed by atoms with Gasteiger partial charge < -0.3 is 10.0 Å². The van der Waals surface area contributed by atoms with Crippen molar-refractivity contribution in [3.8, 4) is 22.4 Å². The van der Waals surface area contributed by atoms with Gasteiger partial charge in [-0.05, 0) is 43.9 Å². The fourth-order valence-corrected chi connectivity index (χ4v) is 4.64. The van der Waals surface area contributed by atoms with Crippen molar-refractivity contribution >= 4 is 11.5 Å². The van der Waals surface area contributed by atoms with E-state index >= 15 is 0 Å². The number of aliphatic hydroxyl groups is 1. The first-order valence-electron chi connectivity index (χ1n) is 11.2. The number of aryl methyl sites for hydroxylation is 2. The van der Waals surface area contributed by atoms with Crippen LogP contribution in [0.2, 0.25) is 0 Å². The molecule has 2 aromatic carbocycles. The number of nitrogens with zero attached hydrogens (tertiary/aromatic N) is 4. The number of hydrogen-bond donors (Lipinski definition) is 1. The first kappa shape index (κ1) is 20.6. The summed E-state index contributed by atoms with van der Waals surface area (Å²) in [5.41, 5.74) is 6.52. The Balaban J connectivity index is 1.81. The highest BCUT2D eigenvalue weighted by Gasteiger charge is 2.27. The smallest absolute Gasteiger partial charge is 0.166 e. The van der Waals surface area contributed by atoms with Crippen LogP contribution in [-0.4, -0.2) is 38.9 Å². The molecule has 6 heteroatoms. The van der Waals surface area contributed by atoms with Gasteiger partial charge in [0.05, 0.1) is 24.0 Å². The number of aromatic nitrogens is 3. The molecule has 0 spiro atoms. The number of hydrogen-bond acceptors (Lipinski definition) is 4. The third-order valence-corrected chi connectivity index (χ3v) is 6.33. The molecule has 32 heavy (non-hydrogen) atoms. The van der Waals surface area contributed by atoms with Crippen LogP contribution in [0.3, 0.4) is 0 Å². The second kappa shape index (κ2) is 8.36. The molecule has 5 rings (SSSR count). The zero-order chi connectivity index (χ0) is 22.2. The summed E-state index contributed by atoms with van der Waals surface area (Å²) in [5, 5.41) is 14.8. The van der Waals surface area contributed by atoms with Gasteiger partial charge in [0.1, 0.15) is 11.6 Å². The molecule has 0 amide bonds. The van der Waals surface area contributed by atoms with E-state index in [1.165, 1.54) is 17.7 Å². The van der Waals surface area contributed by atoms with Crippen LogP contribution < -0.4 is 4.90 Å². The second-order valence-corrected chi connectivity index (χ2v) is 8.46. The number of benzene rings is 2. The summed E-state index contributed by atoms with van der Waals surface area (Å²) in [6.45, 7) is 5.09. The van der Waals surface area contributed by atoms with Crippen molar-refractivity contribution in [1.82, 2.24) is 14.6 Å². The average Bonchev–Trinajstić information content (AvgIpc) is 3.43. The summed E-state index contributed by atoms with van der Waals surface area (Å²) < 4.78 is 16.0. The Labute approximate surface area is 187 Å². The maximum absolute atomic E-state index is 14.1. The lowest BCUT2D eigenvalue weighted by atomic mass is 10.0. The van der Waals surface area contributed by atoms with Gasteiger partial charge in [0.25, 0.3) is 0 Å². The van der Waals surface area contributed by atoms with Gasteiger partial charge in [-0.25, -0.2) is 13.9 Å². The van der Waals surface area contributed by atoms with E-state index in [9.17, 15) is 9.50 Å². The van der Waals surface area contributed by atoms with Gasteiger partial charge in [-0.15, -0.1) is 0 Å². The Morgan fingerprint density at radius 2 is 1.91 bits per heavy atom. The lowest BCUT2D eigenvalue weighted by Gasteiger charge is -2.25. The van der Waals surface area contributed by atoms with Crippen molar-refractivity contribution in [2.45, 2.75) is 39.2 Å². The highest BCUT2D eigenvalue weighted by Crippen LogP contribution is 2.35.